The van der Waals surface area contributed by atoms with E-state index in [2.05, 4.69) is 0 Å². The van der Waals surface area contributed by atoms with E-state index in [1.807, 2.05) is 0 Å². The molecule has 0 heterocycles. The predicted octanol–water partition coefficient (Wildman–Crippen LogP) is 4.23. The number of hydrogen-bond acceptors (Lipinski definition) is 2. The summed E-state index contributed by atoms with van der Waals surface area (Å²) in [6.07, 6.45) is -4.78. The molecule has 0 unspecified atom stereocenters. The molecule has 0 atom stereocenters. The Labute approximate surface area is 112 Å². The van der Waals surface area contributed by atoms with Gasteiger partial charge in [0.2, 0.25) is 0 Å². The first-order chi connectivity index (χ1) is 9.32. The van der Waals surface area contributed by atoms with Crippen LogP contribution in [0.4, 0.5) is 17.6 Å². The molecule has 2 aromatic rings. The normalized spacial score (nSPS) is 11.4. The molecular formula is C14H10F4O2. The number of methoxy groups -OCH3 is 1. The number of hydrogen-bond donors (Lipinski definition) is 1. The Morgan fingerprint density at radius 1 is 1.10 bits per heavy atom. The second kappa shape index (κ2) is 5.03. The molecule has 0 aliphatic carbocycles. The molecule has 0 saturated heterocycles. The highest BCUT2D eigenvalue weighted by atomic mass is 19.4. The minimum Gasteiger partial charge on any atom is -0.508 e. The lowest BCUT2D eigenvalue weighted by Crippen LogP contribution is -2.08. The fourth-order valence-electron chi connectivity index (χ4n) is 1.83. The molecule has 20 heavy (non-hydrogen) atoms. The third-order valence-electron chi connectivity index (χ3n) is 2.74. The van der Waals surface area contributed by atoms with E-state index in [4.69, 9.17) is 4.74 Å². The number of phenolic OH excluding ortho intramolecular Hbond substituents is 1. The molecule has 0 spiro atoms. The summed E-state index contributed by atoms with van der Waals surface area (Å²) < 4.78 is 56.8. The summed E-state index contributed by atoms with van der Waals surface area (Å²) in [5.41, 5.74) is -1.50. The average Bonchev–Trinajstić information content (AvgIpc) is 2.36. The third-order valence-corrected chi connectivity index (χ3v) is 2.74. The van der Waals surface area contributed by atoms with Crippen molar-refractivity contribution in [3.05, 3.63) is 47.8 Å². The standard InChI is InChI=1S/C14H10F4O2/c1-20-10-6-8(5-9(19)7-10)11-3-2-4-12(13(11)15)14(16,17)18/h2-7,19H,1H3. The van der Waals surface area contributed by atoms with Gasteiger partial charge in [0.25, 0.3) is 0 Å². The number of ether oxygens (including phenoxy) is 1. The van der Waals surface area contributed by atoms with Gasteiger partial charge in [0, 0.05) is 11.6 Å². The minimum atomic E-state index is -4.78. The lowest BCUT2D eigenvalue weighted by Gasteiger charge is -2.12. The maximum absolute atomic E-state index is 14.0. The first-order valence-corrected chi connectivity index (χ1v) is 5.57. The molecule has 2 aromatic carbocycles. The van der Waals surface area contributed by atoms with Gasteiger partial charge in [-0.3, -0.25) is 0 Å². The summed E-state index contributed by atoms with van der Waals surface area (Å²) in [6, 6.07) is 6.77. The van der Waals surface area contributed by atoms with Crippen LogP contribution in [0, 0.1) is 5.82 Å². The van der Waals surface area contributed by atoms with E-state index in [1.165, 1.54) is 31.4 Å². The van der Waals surface area contributed by atoms with Crippen LogP contribution in [0.5, 0.6) is 11.5 Å². The molecule has 2 nitrogen and oxygen atoms in total. The van der Waals surface area contributed by atoms with Crippen LogP contribution in [0.15, 0.2) is 36.4 Å². The fraction of sp³-hybridized carbons (Fsp3) is 0.143. The molecule has 0 radical (unpaired) electrons. The van der Waals surface area contributed by atoms with E-state index in [0.717, 1.165) is 6.07 Å². The Balaban J connectivity index is 2.62. The van der Waals surface area contributed by atoms with Crippen molar-refractivity contribution in [2.75, 3.05) is 7.11 Å². The van der Waals surface area contributed by atoms with E-state index >= 15 is 0 Å². The fourth-order valence-corrected chi connectivity index (χ4v) is 1.83. The van der Waals surface area contributed by atoms with Gasteiger partial charge in [-0.15, -0.1) is 0 Å². The Morgan fingerprint density at radius 2 is 1.80 bits per heavy atom. The molecular weight excluding hydrogens is 276 g/mol. The van der Waals surface area contributed by atoms with Crippen LogP contribution < -0.4 is 4.74 Å². The highest BCUT2D eigenvalue weighted by Crippen LogP contribution is 2.37. The topological polar surface area (TPSA) is 29.5 Å². The Bertz CT molecular complexity index is 636. The van der Waals surface area contributed by atoms with Gasteiger partial charge < -0.3 is 9.84 Å². The maximum atomic E-state index is 14.0. The highest BCUT2D eigenvalue weighted by molar-refractivity contribution is 5.68. The smallest absolute Gasteiger partial charge is 0.419 e. The highest BCUT2D eigenvalue weighted by Gasteiger charge is 2.35. The van der Waals surface area contributed by atoms with E-state index in [-0.39, 0.29) is 22.6 Å². The van der Waals surface area contributed by atoms with Crippen LogP contribution in [0.2, 0.25) is 0 Å². The summed E-state index contributed by atoms with van der Waals surface area (Å²) in [6.45, 7) is 0. The van der Waals surface area contributed by atoms with E-state index < -0.39 is 17.6 Å². The molecule has 2 rings (SSSR count). The second-order valence-electron chi connectivity index (χ2n) is 4.08. The van der Waals surface area contributed by atoms with Crippen LogP contribution in [0.1, 0.15) is 5.56 Å². The van der Waals surface area contributed by atoms with Crippen molar-refractivity contribution < 1.29 is 27.4 Å². The molecule has 0 aliphatic heterocycles. The van der Waals surface area contributed by atoms with Crippen molar-refractivity contribution in [1.29, 1.82) is 0 Å². The van der Waals surface area contributed by atoms with Crippen molar-refractivity contribution in [3.63, 3.8) is 0 Å². The van der Waals surface area contributed by atoms with Gasteiger partial charge in [0.15, 0.2) is 0 Å². The first-order valence-electron chi connectivity index (χ1n) is 5.57. The summed E-state index contributed by atoms with van der Waals surface area (Å²) >= 11 is 0. The minimum absolute atomic E-state index is 0.102. The molecule has 6 heteroatoms. The number of alkyl halides is 3. The lowest BCUT2D eigenvalue weighted by molar-refractivity contribution is -0.139. The van der Waals surface area contributed by atoms with Gasteiger partial charge in [-0.2, -0.15) is 13.2 Å². The van der Waals surface area contributed by atoms with Crippen LogP contribution >= 0.6 is 0 Å². The van der Waals surface area contributed by atoms with Crippen molar-refractivity contribution in [1.82, 2.24) is 0 Å². The summed E-state index contributed by atoms with van der Waals surface area (Å²) in [5.74, 6) is -1.39. The van der Waals surface area contributed by atoms with Gasteiger partial charge >= 0.3 is 6.18 Å². The number of benzene rings is 2. The third kappa shape index (κ3) is 2.68. The summed E-state index contributed by atoms with van der Waals surface area (Å²) in [5, 5.41) is 9.48. The zero-order valence-electron chi connectivity index (χ0n) is 10.3. The van der Waals surface area contributed by atoms with Gasteiger partial charge in [0.05, 0.1) is 12.7 Å². The van der Waals surface area contributed by atoms with Crippen molar-refractivity contribution in [2.45, 2.75) is 6.18 Å². The molecule has 0 aromatic heterocycles. The Kier molecular flexibility index (Phi) is 3.57. The number of halogens is 4. The number of rotatable bonds is 2. The van der Waals surface area contributed by atoms with E-state index in [9.17, 15) is 22.7 Å². The summed E-state index contributed by atoms with van der Waals surface area (Å²) in [4.78, 5) is 0. The van der Waals surface area contributed by atoms with Gasteiger partial charge in [0.1, 0.15) is 17.3 Å². The van der Waals surface area contributed by atoms with Gasteiger partial charge in [-0.1, -0.05) is 12.1 Å². The average molecular weight is 286 g/mol. The SMILES string of the molecule is COc1cc(O)cc(-c2cccc(C(F)(F)F)c2F)c1. The van der Waals surface area contributed by atoms with Crippen molar-refractivity contribution in [2.24, 2.45) is 0 Å². The van der Waals surface area contributed by atoms with Crippen LogP contribution in [0.3, 0.4) is 0 Å². The molecule has 0 amide bonds. The Hall–Kier alpha value is -2.24. The molecule has 106 valence electrons. The van der Waals surface area contributed by atoms with Crippen LogP contribution in [-0.4, -0.2) is 12.2 Å². The monoisotopic (exact) mass is 286 g/mol. The molecule has 1 N–H and O–H groups in total. The van der Waals surface area contributed by atoms with E-state index in [1.54, 1.807) is 0 Å². The zero-order valence-corrected chi connectivity index (χ0v) is 10.3. The number of phenols is 1. The van der Waals surface area contributed by atoms with Gasteiger partial charge in [-0.05, 0) is 23.8 Å². The van der Waals surface area contributed by atoms with Crippen LogP contribution in [-0.2, 0) is 6.18 Å². The van der Waals surface area contributed by atoms with Gasteiger partial charge in [-0.25, -0.2) is 4.39 Å². The Morgan fingerprint density at radius 3 is 2.40 bits per heavy atom. The largest absolute Gasteiger partial charge is 0.508 e. The molecule has 0 fully saturated rings. The summed E-state index contributed by atoms with van der Waals surface area (Å²) in [7, 11) is 1.33. The van der Waals surface area contributed by atoms with Crippen molar-refractivity contribution in [3.8, 4) is 22.6 Å². The second-order valence-corrected chi connectivity index (χ2v) is 4.08. The molecule has 0 bridgehead atoms. The van der Waals surface area contributed by atoms with E-state index in [0.29, 0.717) is 6.07 Å². The zero-order chi connectivity index (χ0) is 14.9. The molecule has 0 saturated carbocycles. The molecule has 0 aliphatic rings. The predicted molar refractivity (Wildman–Crippen MR) is 65.1 cm³/mol. The lowest BCUT2D eigenvalue weighted by atomic mass is 10.0. The number of aromatic hydroxyl groups is 1. The quantitative estimate of drug-likeness (QED) is 0.837. The van der Waals surface area contributed by atoms with Crippen molar-refractivity contribution >= 4 is 0 Å². The van der Waals surface area contributed by atoms with Crippen LogP contribution in [0.25, 0.3) is 11.1 Å². The maximum Gasteiger partial charge on any atom is 0.419 e. The first kappa shape index (κ1) is 14.2.